The maximum Gasteiger partial charge on any atom is 0.228 e. The Kier molecular flexibility index (Phi) is 6.17. The minimum absolute atomic E-state index is 0.0876. The summed E-state index contributed by atoms with van der Waals surface area (Å²) < 4.78 is 30.0. The second-order valence-corrected chi connectivity index (χ2v) is 7.01. The summed E-state index contributed by atoms with van der Waals surface area (Å²) in [6.45, 7) is 0. The molecule has 7 heteroatoms. The number of rotatable bonds is 7. The predicted molar refractivity (Wildman–Crippen MR) is 120 cm³/mol. The van der Waals surface area contributed by atoms with Crippen molar-refractivity contribution >= 4 is 22.5 Å². The summed E-state index contributed by atoms with van der Waals surface area (Å²) in [5.74, 6) is 1.77. The Bertz CT molecular complexity index is 1260. The van der Waals surface area contributed by atoms with Crippen LogP contribution in [0, 0.1) is 5.82 Å². The molecular formula is C25H21FN2O4. The molecule has 1 heterocycles. The lowest BCUT2D eigenvalue weighted by Gasteiger charge is -2.12. The Balaban J connectivity index is 1.48. The van der Waals surface area contributed by atoms with Gasteiger partial charge in [0.2, 0.25) is 5.91 Å². The number of halogens is 1. The second-order valence-electron chi connectivity index (χ2n) is 7.01. The number of carbonyl (C=O) groups excluding carboxylic acids is 1. The van der Waals surface area contributed by atoms with Gasteiger partial charge in [-0.3, -0.25) is 9.78 Å². The van der Waals surface area contributed by atoms with E-state index in [-0.39, 0.29) is 18.1 Å². The van der Waals surface area contributed by atoms with Crippen LogP contribution in [0.2, 0.25) is 0 Å². The highest BCUT2D eigenvalue weighted by Crippen LogP contribution is 2.36. The van der Waals surface area contributed by atoms with Crippen molar-refractivity contribution < 1.29 is 23.4 Å². The highest BCUT2D eigenvalue weighted by atomic mass is 19.1. The van der Waals surface area contributed by atoms with Gasteiger partial charge in [-0.25, -0.2) is 4.39 Å². The molecule has 0 spiro atoms. The lowest BCUT2D eigenvalue weighted by Crippen LogP contribution is -2.14. The molecule has 0 saturated heterocycles. The number of amides is 1. The average molecular weight is 432 g/mol. The first-order valence-electron chi connectivity index (χ1n) is 9.88. The Morgan fingerprint density at radius 1 is 0.938 bits per heavy atom. The highest BCUT2D eigenvalue weighted by Gasteiger charge is 2.12. The van der Waals surface area contributed by atoms with E-state index in [1.807, 2.05) is 6.07 Å². The molecule has 1 aromatic heterocycles. The van der Waals surface area contributed by atoms with Gasteiger partial charge in [0.05, 0.1) is 26.2 Å². The van der Waals surface area contributed by atoms with Gasteiger partial charge in [-0.05, 0) is 54.1 Å². The van der Waals surface area contributed by atoms with Crippen molar-refractivity contribution in [2.75, 3.05) is 19.5 Å². The van der Waals surface area contributed by atoms with Gasteiger partial charge in [-0.2, -0.15) is 0 Å². The van der Waals surface area contributed by atoms with Crippen molar-refractivity contribution in [1.82, 2.24) is 4.98 Å². The second kappa shape index (κ2) is 9.34. The number of nitrogens with zero attached hydrogens (tertiary/aromatic N) is 1. The molecule has 0 aliphatic rings. The summed E-state index contributed by atoms with van der Waals surface area (Å²) in [7, 11) is 3.14. The molecule has 0 atom stereocenters. The highest BCUT2D eigenvalue weighted by molar-refractivity contribution is 5.92. The van der Waals surface area contributed by atoms with Gasteiger partial charge in [0.15, 0.2) is 11.5 Å². The minimum atomic E-state index is -0.364. The van der Waals surface area contributed by atoms with Gasteiger partial charge < -0.3 is 19.5 Å². The van der Waals surface area contributed by atoms with Crippen molar-refractivity contribution in [2.45, 2.75) is 6.42 Å². The number of fused-ring (bicyclic) bond motifs is 1. The molecule has 32 heavy (non-hydrogen) atoms. The molecule has 0 aliphatic carbocycles. The number of anilines is 1. The van der Waals surface area contributed by atoms with Crippen LogP contribution < -0.4 is 19.5 Å². The van der Waals surface area contributed by atoms with Crippen LogP contribution >= 0.6 is 0 Å². The average Bonchev–Trinajstić information content (AvgIpc) is 2.79. The molecule has 3 aromatic carbocycles. The first-order chi connectivity index (χ1) is 15.6. The molecular weight excluding hydrogens is 411 g/mol. The number of methoxy groups -OCH3 is 2. The van der Waals surface area contributed by atoms with E-state index in [1.54, 1.807) is 68.9 Å². The molecule has 0 saturated carbocycles. The van der Waals surface area contributed by atoms with Crippen LogP contribution in [-0.2, 0) is 11.2 Å². The van der Waals surface area contributed by atoms with Crippen LogP contribution in [0.15, 0.2) is 72.9 Å². The van der Waals surface area contributed by atoms with E-state index in [1.165, 1.54) is 12.1 Å². The number of benzene rings is 3. The number of hydrogen-bond donors (Lipinski definition) is 1. The molecule has 6 nitrogen and oxygen atoms in total. The number of hydrogen-bond acceptors (Lipinski definition) is 5. The van der Waals surface area contributed by atoms with Crippen LogP contribution in [0.1, 0.15) is 5.56 Å². The van der Waals surface area contributed by atoms with Gasteiger partial charge in [0, 0.05) is 23.3 Å². The van der Waals surface area contributed by atoms with Crippen molar-refractivity contribution in [2.24, 2.45) is 0 Å². The fourth-order valence-corrected chi connectivity index (χ4v) is 3.31. The Hall–Kier alpha value is -4.13. The number of pyridine rings is 1. The largest absolute Gasteiger partial charge is 0.493 e. The summed E-state index contributed by atoms with van der Waals surface area (Å²) in [5.41, 5.74) is 1.94. The molecule has 4 rings (SSSR count). The van der Waals surface area contributed by atoms with Crippen molar-refractivity contribution in [3.05, 3.63) is 84.3 Å². The van der Waals surface area contributed by atoms with Crippen LogP contribution in [-0.4, -0.2) is 25.1 Å². The standard InChI is InChI=1S/C25H21FN2O4/c1-30-23-14-20-21(15-24(23)31-2)27-11-10-22(20)32-19-8-6-18(7-9-19)28-25(29)13-16-4-3-5-17(26)12-16/h3-12,14-15H,13H2,1-2H3,(H,28,29). The summed E-state index contributed by atoms with van der Waals surface area (Å²) in [6, 6.07) is 18.4. The summed E-state index contributed by atoms with van der Waals surface area (Å²) in [6.07, 6.45) is 1.74. The number of aromatic nitrogens is 1. The summed E-state index contributed by atoms with van der Waals surface area (Å²) in [5, 5.41) is 3.58. The molecule has 4 aromatic rings. The van der Waals surface area contributed by atoms with Crippen molar-refractivity contribution in [3.63, 3.8) is 0 Å². The lowest BCUT2D eigenvalue weighted by atomic mass is 10.1. The molecule has 1 N–H and O–H groups in total. The molecule has 1 amide bonds. The third kappa shape index (κ3) is 4.78. The number of carbonyl (C=O) groups is 1. The molecule has 0 fully saturated rings. The molecule has 0 radical (unpaired) electrons. The maximum atomic E-state index is 13.3. The summed E-state index contributed by atoms with van der Waals surface area (Å²) >= 11 is 0. The smallest absolute Gasteiger partial charge is 0.228 e. The zero-order valence-electron chi connectivity index (χ0n) is 17.6. The number of ether oxygens (including phenoxy) is 3. The molecule has 0 unspecified atom stereocenters. The zero-order valence-corrected chi connectivity index (χ0v) is 17.6. The minimum Gasteiger partial charge on any atom is -0.493 e. The van der Waals surface area contributed by atoms with E-state index >= 15 is 0 Å². The lowest BCUT2D eigenvalue weighted by molar-refractivity contribution is -0.115. The van der Waals surface area contributed by atoms with E-state index in [2.05, 4.69) is 10.3 Å². The van der Waals surface area contributed by atoms with Crippen LogP contribution in [0.4, 0.5) is 10.1 Å². The van der Waals surface area contributed by atoms with E-state index < -0.39 is 0 Å². The SMILES string of the molecule is COc1cc2nccc(Oc3ccc(NC(=O)Cc4cccc(F)c4)cc3)c2cc1OC. The van der Waals surface area contributed by atoms with Gasteiger partial charge in [0.25, 0.3) is 0 Å². The third-order valence-corrected chi connectivity index (χ3v) is 4.83. The zero-order chi connectivity index (χ0) is 22.5. The predicted octanol–water partition coefficient (Wildman–Crippen LogP) is 5.36. The number of nitrogens with one attached hydrogen (secondary N) is 1. The van der Waals surface area contributed by atoms with Gasteiger partial charge in [-0.1, -0.05) is 12.1 Å². The summed E-state index contributed by atoms with van der Waals surface area (Å²) in [4.78, 5) is 16.6. The van der Waals surface area contributed by atoms with Crippen LogP contribution in [0.25, 0.3) is 10.9 Å². The van der Waals surface area contributed by atoms with Gasteiger partial charge in [-0.15, -0.1) is 0 Å². The Morgan fingerprint density at radius 3 is 2.41 bits per heavy atom. The first-order valence-corrected chi connectivity index (χ1v) is 9.88. The normalized spacial score (nSPS) is 10.6. The van der Waals surface area contributed by atoms with E-state index in [9.17, 15) is 9.18 Å². The quantitative estimate of drug-likeness (QED) is 0.426. The van der Waals surface area contributed by atoms with Gasteiger partial charge >= 0.3 is 0 Å². The maximum absolute atomic E-state index is 13.3. The fourth-order valence-electron chi connectivity index (χ4n) is 3.31. The van der Waals surface area contributed by atoms with E-state index in [4.69, 9.17) is 14.2 Å². The fraction of sp³-hybridized carbons (Fsp3) is 0.120. The molecule has 0 bridgehead atoms. The topological polar surface area (TPSA) is 69.7 Å². The van der Waals surface area contributed by atoms with E-state index in [0.717, 1.165) is 5.39 Å². The Labute approximate surface area is 184 Å². The molecule has 0 aliphatic heterocycles. The van der Waals surface area contributed by atoms with E-state index in [0.29, 0.717) is 39.8 Å². The monoisotopic (exact) mass is 432 g/mol. The van der Waals surface area contributed by atoms with Gasteiger partial charge in [0.1, 0.15) is 17.3 Å². The Morgan fingerprint density at radius 2 is 1.69 bits per heavy atom. The first kappa shape index (κ1) is 21.1. The molecule has 162 valence electrons. The third-order valence-electron chi connectivity index (χ3n) is 4.83. The van der Waals surface area contributed by atoms with Crippen molar-refractivity contribution in [3.8, 4) is 23.0 Å². The van der Waals surface area contributed by atoms with Crippen LogP contribution in [0.5, 0.6) is 23.0 Å². The van der Waals surface area contributed by atoms with Crippen molar-refractivity contribution in [1.29, 1.82) is 0 Å². The van der Waals surface area contributed by atoms with Crippen LogP contribution in [0.3, 0.4) is 0 Å².